The second kappa shape index (κ2) is 6.28. The molecule has 0 aliphatic heterocycles. The van der Waals surface area contributed by atoms with Gasteiger partial charge in [0.05, 0.1) is 0 Å². The van der Waals surface area contributed by atoms with Crippen molar-refractivity contribution < 1.29 is 0 Å². The summed E-state index contributed by atoms with van der Waals surface area (Å²) >= 11 is 0. The summed E-state index contributed by atoms with van der Waals surface area (Å²) in [6.45, 7) is 6.81. The van der Waals surface area contributed by atoms with Crippen LogP contribution in [0.25, 0.3) is 22.3 Å². The minimum Gasteiger partial charge on any atom is -0.0776 e. The first kappa shape index (κ1) is 18.0. The number of hydrogen-bond acceptors (Lipinski definition) is 0. The second-order valence-corrected chi connectivity index (χ2v) is 6.80. The van der Waals surface area contributed by atoms with Gasteiger partial charge in [-0.1, -0.05) is 94.9 Å². The minimum atomic E-state index is 0. The van der Waals surface area contributed by atoms with Crippen LogP contribution >= 0.6 is 0 Å². The second-order valence-electron chi connectivity index (χ2n) is 6.80. The minimum absolute atomic E-state index is 0. The number of hydrogen-bond donors (Lipinski definition) is 0. The molecule has 0 bridgehead atoms. The summed E-state index contributed by atoms with van der Waals surface area (Å²) in [5, 5.41) is 0. The van der Waals surface area contributed by atoms with Gasteiger partial charge in [0.25, 0.3) is 0 Å². The Morgan fingerprint density at radius 2 is 1.29 bits per heavy atom. The van der Waals surface area contributed by atoms with E-state index in [-0.39, 0.29) is 20.3 Å². The van der Waals surface area contributed by atoms with Crippen molar-refractivity contribution in [3.8, 4) is 22.3 Å². The highest BCUT2D eigenvalue weighted by molar-refractivity contribution is 5.83. The molecule has 0 aromatic heterocycles. The van der Waals surface area contributed by atoms with Crippen LogP contribution in [0.1, 0.15) is 45.4 Å². The first-order chi connectivity index (χ1) is 10.6. The predicted octanol–water partition coefficient (Wildman–Crippen LogP) is 7.24. The van der Waals surface area contributed by atoms with Crippen LogP contribution in [-0.2, 0) is 5.41 Å². The highest BCUT2D eigenvalue weighted by Crippen LogP contribution is 2.49. The third-order valence-corrected chi connectivity index (χ3v) is 4.93. The molecular weight excluding hydrogens is 288 g/mol. The highest BCUT2D eigenvalue weighted by Gasteiger charge is 2.35. The normalized spacial score (nSPS) is 13.3. The van der Waals surface area contributed by atoms with E-state index in [9.17, 15) is 0 Å². The lowest BCUT2D eigenvalue weighted by atomic mass is 9.81. The summed E-state index contributed by atoms with van der Waals surface area (Å²) in [5.74, 6) is 0. The predicted molar refractivity (Wildman–Crippen MR) is 108 cm³/mol. The SMILES string of the molecule is C.C.Cc1cccc(-c2ccc3c(c2)C(C)(C)c2ccccc2-3)c1. The van der Waals surface area contributed by atoms with Crippen molar-refractivity contribution in [3.63, 3.8) is 0 Å². The third kappa shape index (κ3) is 2.57. The van der Waals surface area contributed by atoms with Crippen molar-refractivity contribution in [2.45, 2.75) is 41.0 Å². The summed E-state index contributed by atoms with van der Waals surface area (Å²) in [4.78, 5) is 0. The molecule has 1 aliphatic rings. The standard InChI is InChI=1S/C22H20.2CH4/c1-15-7-6-8-16(13-15)17-11-12-19-18-9-4-5-10-20(18)22(2,3)21(19)14-17;;/h4-14H,1-3H3;2*1H4. The van der Waals surface area contributed by atoms with Gasteiger partial charge in [-0.2, -0.15) is 0 Å². The fourth-order valence-electron chi connectivity index (χ4n) is 3.71. The van der Waals surface area contributed by atoms with E-state index in [2.05, 4.69) is 87.5 Å². The molecule has 0 radical (unpaired) electrons. The monoisotopic (exact) mass is 316 g/mol. The van der Waals surface area contributed by atoms with E-state index in [0.29, 0.717) is 0 Å². The Bertz CT molecular complexity index is 869. The van der Waals surface area contributed by atoms with Crippen molar-refractivity contribution >= 4 is 0 Å². The zero-order chi connectivity index (χ0) is 15.3. The van der Waals surface area contributed by atoms with Crippen molar-refractivity contribution in [1.29, 1.82) is 0 Å². The number of aryl methyl sites for hydroxylation is 1. The van der Waals surface area contributed by atoms with Gasteiger partial charge in [0.2, 0.25) is 0 Å². The van der Waals surface area contributed by atoms with Gasteiger partial charge in [-0.15, -0.1) is 0 Å². The molecule has 124 valence electrons. The largest absolute Gasteiger partial charge is 0.0776 e. The van der Waals surface area contributed by atoms with Crippen LogP contribution in [0.5, 0.6) is 0 Å². The quantitative estimate of drug-likeness (QED) is 0.444. The maximum atomic E-state index is 2.38. The van der Waals surface area contributed by atoms with Gasteiger partial charge in [-0.25, -0.2) is 0 Å². The maximum Gasteiger partial charge on any atom is 0.0159 e. The Morgan fingerprint density at radius 3 is 2.04 bits per heavy atom. The van der Waals surface area contributed by atoms with Gasteiger partial charge in [0.15, 0.2) is 0 Å². The number of benzene rings is 3. The molecule has 24 heavy (non-hydrogen) atoms. The molecule has 0 unspecified atom stereocenters. The summed E-state index contributed by atoms with van der Waals surface area (Å²) in [7, 11) is 0. The molecule has 3 aromatic rings. The lowest BCUT2D eigenvalue weighted by Crippen LogP contribution is -2.14. The van der Waals surface area contributed by atoms with Crippen molar-refractivity contribution in [1.82, 2.24) is 0 Å². The number of rotatable bonds is 1. The van der Waals surface area contributed by atoms with Gasteiger partial charge in [0.1, 0.15) is 0 Å². The van der Waals surface area contributed by atoms with Crippen LogP contribution in [0, 0.1) is 6.92 Å². The topological polar surface area (TPSA) is 0 Å². The lowest BCUT2D eigenvalue weighted by Gasteiger charge is -2.22. The number of fused-ring (bicyclic) bond motifs is 3. The smallest absolute Gasteiger partial charge is 0.0159 e. The Kier molecular flexibility index (Phi) is 4.71. The average Bonchev–Trinajstić information content (AvgIpc) is 2.76. The van der Waals surface area contributed by atoms with Crippen LogP contribution in [0.2, 0.25) is 0 Å². The molecule has 0 heteroatoms. The van der Waals surface area contributed by atoms with E-state index in [4.69, 9.17) is 0 Å². The van der Waals surface area contributed by atoms with E-state index in [1.807, 2.05) is 0 Å². The van der Waals surface area contributed by atoms with Crippen LogP contribution in [0.15, 0.2) is 66.7 Å². The molecule has 0 saturated heterocycles. The van der Waals surface area contributed by atoms with Crippen molar-refractivity contribution in [3.05, 3.63) is 83.4 Å². The molecule has 0 heterocycles. The molecule has 0 amide bonds. The van der Waals surface area contributed by atoms with E-state index in [1.165, 1.54) is 38.9 Å². The fourth-order valence-corrected chi connectivity index (χ4v) is 3.71. The summed E-state index contributed by atoms with van der Waals surface area (Å²) in [6.07, 6.45) is 0. The van der Waals surface area contributed by atoms with Crippen molar-refractivity contribution in [2.75, 3.05) is 0 Å². The van der Waals surface area contributed by atoms with Crippen LogP contribution < -0.4 is 0 Å². The van der Waals surface area contributed by atoms with E-state index in [1.54, 1.807) is 0 Å². The molecule has 0 fully saturated rings. The van der Waals surface area contributed by atoms with Gasteiger partial charge >= 0.3 is 0 Å². The Labute approximate surface area is 147 Å². The summed E-state index contributed by atoms with van der Waals surface area (Å²) < 4.78 is 0. The molecule has 0 saturated carbocycles. The molecule has 1 aliphatic carbocycles. The van der Waals surface area contributed by atoms with Gasteiger partial charge < -0.3 is 0 Å². The molecule has 0 nitrogen and oxygen atoms in total. The van der Waals surface area contributed by atoms with Crippen LogP contribution in [0.3, 0.4) is 0 Å². The first-order valence-corrected chi connectivity index (χ1v) is 7.89. The van der Waals surface area contributed by atoms with E-state index >= 15 is 0 Å². The molecule has 3 aromatic carbocycles. The van der Waals surface area contributed by atoms with Crippen molar-refractivity contribution in [2.24, 2.45) is 0 Å². The third-order valence-electron chi connectivity index (χ3n) is 4.93. The Hall–Kier alpha value is -2.34. The first-order valence-electron chi connectivity index (χ1n) is 7.89. The Balaban J connectivity index is 0.00000104. The molecule has 4 rings (SSSR count). The van der Waals surface area contributed by atoms with Gasteiger partial charge in [-0.05, 0) is 46.4 Å². The lowest BCUT2D eigenvalue weighted by molar-refractivity contribution is 0.660. The highest BCUT2D eigenvalue weighted by atomic mass is 14.4. The van der Waals surface area contributed by atoms with E-state index < -0.39 is 0 Å². The Morgan fingerprint density at radius 1 is 0.625 bits per heavy atom. The molecule has 0 spiro atoms. The molecular formula is C24H28. The molecule has 0 atom stereocenters. The summed E-state index contributed by atoms with van der Waals surface area (Å²) in [5.41, 5.74) is 9.64. The zero-order valence-corrected chi connectivity index (χ0v) is 13.4. The van der Waals surface area contributed by atoms with E-state index in [0.717, 1.165) is 0 Å². The molecule has 0 N–H and O–H groups in total. The van der Waals surface area contributed by atoms with Gasteiger partial charge in [0, 0.05) is 5.41 Å². The zero-order valence-electron chi connectivity index (χ0n) is 13.4. The maximum absolute atomic E-state index is 2.38. The van der Waals surface area contributed by atoms with Crippen LogP contribution in [0.4, 0.5) is 0 Å². The van der Waals surface area contributed by atoms with Gasteiger partial charge in [-0.3, -0.25) is 0 Å². The van der Waals surface area contributed by atoms with Crippen LogP contribution in [-0.4, -0.2) is 0 Å². The summed E-state index contributed by atoms with van der Waals surface area (Å²) in [6, 6.07) is 24.5. The fraction of sp³-hybridized carbons (Fsp3) is 0.250. The average molecular weight is 316 g/mol.